The first kappa shape index (κ1) is 13.5. The van der Waals surface area contributed by atoms with Gasteiger partial charge in [-0.3, -0.25) is 4.79 Å². The first-order valence-electron chi connectivity index (χ1n) is 5.17. The molecule has 6 heteroatoms. The molecule has 0 atom stereocenters. The van der Waals surface area contributed by atoms with E-state index in [0.717, 1.165) is 9.35 Å². The molecule has 0 radical (unpaired) electrons. The number of hydrogen-bond donors (Lipinski definition) is 0. The average Bonchev–Trinajstić information content (AvgIpc) is 2.73. The van der Waals surface area contributed by atoms with Crippen molar-refractivity contribution >= 4 is 44.8 Å². The predicted molar refractivity (Wildman–Crippen MR) is 77.1 cm³/mol. The number of aromatic nitrogens is 1. The number of rotatable bonds is 3. The molecule has 0 saturated heterocycles. The van der Waals surface area contributed by atoms with Gasteiger partial charge in [-0.2, -0.15) is 0 Å². The number of amides is 1. The third kappa shape index (κ3) is 3.31. The lowest BCUT2D eigenvalue weighted by molar-refractivity contribution is 0.0780. The quantitative estimate of drug-likeness (QED) is 0.792. The largest absolute Gasteiger partial charge is 0.335 e. The Kier molecular flexibility index (Phi) is 4.37. The van der Waals surface area contributed by atoms with E-state index in [1.165, 1.54) is 0 Å². The van der Waals surface area contributed by atoms with Crippen molar-refractivity contribution in [2.45, 2.75) is 6.54 Å². The molecule has 1 amide bonds. The molecule has 0 saturated carbocycles. The van der Waals surface area contributed by atoms with Gasteiger partial charge in [0, 0.05) is 21.8 Å². The van der Waals surface area contributed by atoms with Crippen LogP contribution >= 0.6 is 38.9 Å². The van der Waals surface area contributed by atoms with Gasteiger partial charge in [-0.05, 0) is 34.1 Å². The lowest BCUT2D eigenvalue weighted by Gasteiger charge is -2.15. The molecular formula is C12H10BrClN2OS. The van der Waals surface area contributed by atoms with Crippen LogP contribution in [0.5, 0.6) is 0 Å². The van der Waals surface area contributed by atoms with Crippen LogP contribution in [0.15, 0.2) is 34.1 Å². The topological polar surface area (TPSA) is 33.2 Å². The van der Waals surface area contributed by atoms with E-state index in [9.17, 15) is 4.79 Å². The lowest BCUT2D eigenvalue weighted by atomic mass is 10.3. The molecule has 18 heavy (non-hydrogen) atoms. The molecule has 0 fully saturated rings. The van der Waals surface area contributed by atoms with Crippen molar-refractivity contribution in [3.05, 3.63) is 49.8 Å². The highest BCUT2D eigenvalue weighted by Gasteiger charge is 2.14. The summed E-state index contributed by atoms with van der Waals surface area (Å²) in [6, 6.07) is 7.03. The van der Waals surface area contributed by atoms with Gasteiger partial charge in [0.25, 0.3) is 5.91 Å². The Balaban J connectivity index is 2.09. The maximum atomic E-state index is 12.1. The molecule has 0 aliphatic rings. The summed E-state index contributed by atoms with van der Waals surface area (Å²) < 4.78 is 1.03. The third-order valence-corrected chi connectivity index (χ3v) is 4.19. The Bertz CT molecular complexity index is 573. The molecule has 0 spiro atoms. The fourth-order valence-electron chi connectivity index (χ4n) is 1.47. The van der Waals surface area contributed by atoms with Crippen molar-refractivity contribution in [3.8, 4) is 0 Å². The summed E-state index contributed by atoms with van der Waals surface area (Å²) >= 11 is 10.8. The second-order valence-electron chi connectivity index (χ2n) is 3.74. The minimum absolute atomic E-state index is 0.137. The maximum absolute atomic E-state index is 12.1. The molecule has 2 rings (SSSR count). The van der Waals surface area contributed by atoms with Crippen LogP contribution in [-0.2, 0) is 6.54 Å². The van der Waals surface area contributed by atoms with Crippen LogP contribution in [0.1, 0.15) is 15.4 Å². The normalized spacial score (nSPS) is 10.4. The van der Waals surface area contributed by atoms with Crippen LogP contribution in [0.2, 0.25) is 5.15 Å². The molecule has 0 unspecified atom stereocenters. The Hall–Kier alpha value is -0.910. The number of hydrogen-bond acceptors (Lipinski definition) is 3. The molecule has 2 heterocycles. The molecule has 0 bridgehead atoms. The van der Waals surface area contributed by atoms with Gasteiger partial charge < -0.3 is 4.90 Å². The monoisotopic (exact) mass is 344 g/mol. The molecule has 2 aromatic rings. The number of carbonyl (C=O) groups is 1. The van der Waals surface area contributed by atoms with E-state index < -0.39 is 0 Å². The minimum atomic E-state index is -0.137. The zero-order valence-electron chi connectivity index (χ0n) is 9.56. The number of carbonyl (C=O) groups excluding carboxylic acids is 1. The summed E-state index contributed by atoms with van der Waals surface area (Å²) in [6.45, 7) is 0.559. The molecule has 2 aromatic heterocycles. The van der Waals surface area contributed by atoms with Crippen molar-refractivity contribution < 1.29 is 4.79 Å². The van der Waals surface area contributed by atoms with Crippen LogP contribution in [0.4, 0.5) is 0 Å². The molecule has 0 aromatic carbocycles. The Morgan fingerprint density at radius 1 is 1.56 bits per heavy atom. The standard InChI is InChI=1S/C12H10BrClN2OS/c1-16(6-9-5-8(13)7-18-9)12(17)10-3-2-4-11(14)15-10/h2-5,7H,6H2,1H3. The van der Waals surface area contributed by atoms with E-state index in [4.69, 9.17) is 11.6 Å². The first-order chi connectivity index (χ1) is 8.56. The van der Waals surface area contributed by atoms with Crippen LogP contribution in [0, 0.1) is 0 Å². The van der Waals surface area contributed by atoms with Crippen molar-refractivity contribution in [3.63, 3.8) is 0 Å². The third-order valence-electron chi connectivity index (χ3n) is 2.30. The second-order valence-corrected chi connectivity index (χ2v) is 6.04. The molecule has 3 nitrogen and oxygen atoms in total. The average molecular weight is 346 g/mol. The summed E-state index contributed by atoms with van der Waals surface area (Å²) in [4.78, 5) is 18.8. The summed E-state index contributed by atoms with van der Waals surface area (Å²) in [6.07, 6.45) is 0. The fourth-order valence-corrected chi connectivity index (χ4v) is 3.13. The molecular weight excluding hydrogens is 336 g/mol. The summed E-state index contributed by atoms with van der Waals surface area (Å²) in [5.41, 5.74) is 0.362. The van der Waals surface area contributed by atoms with Gasteiger partial charge >= 0.3 is 0 Å². The Morgan fingerprint density at radius 3 is 2.94 bits per heavy atom. The zero-order valence-corrected chi connectivity index (χ0v) is 12.7. The van der Waals surface area contributed by atoms with Gasteiger partial charge in [0.1, 0.15) is 10.8 Å². The molecule has 0 N–H and O–H groups in total. The van der Waals surface area contributed by atoms with E-state index in [-0.39, 0.29) is 5.91 Å². The van der Waals surface area contributed by atoms with E-state index >= 15 is 0 Å². The maximum Gasteiger partial charge on any atom is 0.272 e. The number of pyridine rings is 1. The smallest absolute Gasteiger partial charge is 0.272 e. The van der Waals surface area contributed by atoms with Crippen molar-refractivity contribution in [1.82, 2.24) is 9.88 Å². The van der Waals surface area contributed by atoms with Crippen molar-refractivity contribution in [2.24, 2.45) is 0 Å². The van der Waals surface area contributed by atoms with Gasteiger partial charge in [-0.25, -0.2) is 4.98 Å². The molecule has 0 aliphatic carbocycles. The van der Waals surface area contributed by atoms with Gasteiger partial charge in [-0.1, -0.05) is 17.7 Å². The Morgan fingerprint density at radius 2 is 2.33 bits per heavy atom. The van der Waals surface area contributed by atoms with Gasteiger partial charge in [0.2, 0.25) is 0 Å². The SMILES string of the molecule is CN(Cc1cc(Br)cs1)C(=O)c1cccc(Cl)n1. The van der Waals surface area contributed by atoms with E-state index in [2.05, 4.69) is 20.9 Å². The second kappa shape index (κ2) is 5.82. The highest BCUT2D eigenvalue weighted by Crippen LogP contribution is 2.21. The molecule has 0 aliphatic heterocycles. The van der Waals surface area contributed by atoms with Crippen molar-refractivity contribution in [2.75, 3.05) is 7.05 Å². The van der Waals surface area contributed by atoms with Gasteiger partial charge in [0.05, 0.1) is 6.54 Å². The van der Waals surface area contributed by atoms with Crippen LogP contribution in [0.3, 0.4) is 0 Å². The number of nitrogens with zero attached hydrogens (tertiary/aromatic N) is 2. The number of halogens is 2. The minimum Gasteiger partial charge on any atom is -0.335 e. The highest BCUT2D eigenvalue weighted by atomic mass is 79.9. The van der Waals surface area contributed by atoms with Crippen LogP contribution < -0.4 is 0 Å². The predicted octanol–water partition coefficient (Wildman–Crippen LogP) is 3.83. The summed E-state index contributed by atoms with van der Waals surface area (Å²) in [7, 11) is 1.75. The van der Waals surface area contributed by atoms with Crippen LogP contribution in [-0.4, -0.2) is 22.8 Å². The van der Waals surface area contributed by atoms with E-state index in [1.54, 1.807) is 41.5 Å². The van der Waals surface area contributed by atoms with Gasteiger partial charge in [-0.15, -0.1) is 11.3 Å². The summed E-state index contributed by atoms with van der Waals surface area (Å²) in [5.74, 6) is -0.137. The Labute approximate surface area is 123 Å². The van der Waals surface area contributed by atoms with E-state index in [1.807, 2.05) is 11.4 Å². The highest BCUT2D eigenvalue weighted by molar-refractivity contribution is 9.10. The molecule has 94 valence electrons. The van der Waals surface area contributed by atoms with Gasteiger partial charge in [0.15, 0.2) is 0 Å². The van der Waals surface area contributed by atoms with Crippen molar-refractivity contribution in [1.29, 1.82) is 0 Å². The van der Waals surface area contributed by atoms with Crippen LogP contribution in [0.25, 0.3) is 0 Å². The first-order valence-corrected chi connectivity index (χ1v) is 7.22. The fraction of sp³-hybridized carbons (Fsp3) is 0.167. The summed E-state index contributed by atoms with van der Waals surface area (Å²) in [5, 5.41) is 2.32. The van der Waals surface area contributed by atoms with E-state index in [0.29, 0.717) is 17.4 Å². The lowest BCUT2D eigenvalue weighted by Crippen LogP contribution is -2.26. The number of thiophene rings is 1. The zero-order chi connectivity index (χ0) is 13.1.